The number of sulfonamides is 2. The lowest BCUT2D eigenvalue weighted by Gasteiger charge is -2.06. The van der Waals surface area contributed by atoms with Gasteiger partial charge in [-0.3, -0.25) is 0 Å². The minimum absolute atomic E-state index is 0.00414. The van der Waals surface area contributed by atoms with Crippen LogP contribution in [0.15, 0.2) is 34.1 Å². The van der Waals surface area contributed by atoms with E-state index in [9.17, 15) is 16.8 Å². The Labute approximate surface area is 115 Å². The van der Waals surface area contributed by atoms with Crippen molar-refractivity contribution in [3.05, 3.63) is 24.3 Å². The molecule has 0 fully saturated rings. The van der Waals surface area contributed by atoms with Gasteiger partial charge in [-0.25, -0.2) is 26.7 Å². The van der Waals surface area contributed by atoms with E-state index in [1.165, 1.54) is 12.1 Å². The largest absolute Gasteiger partial charge is 0.240 e. The van der Waals surface area contributed by atoms with Crippen molar-refractivity contribution in [1.29, 1.82) is 0 Å². The molecule has 0 bridgehead atoms. The Balaban J connectivity index is 2.91. The van der Waals surface area contributed by atoms with Gasteiger partial charge in [0.15, 0.2) is 0 Å². The third-order valence-electron chi connectivity index (χ3n) is 2.07. The van der Waals surface area contributed by atoms with Crippen molar-refractivity contribution in [2.24, 2.45) is 5.14 Å². The summed E-state index contributed by atoms with van der Waals surface area (Å²) in [5.41, 5.74) is 0. The third kappa shape index (κ3) is 4.32. The molecular formula is C9H13BrN2O4S2. The molecule has 0 amide bonds. The molecule has 1 aromatic carbocycles. The van der Waals surface area contributed by atoms with Crippen LogP contribution in [0.4, 0.5) is 0 Å². The lowest BCUT2D eigenvalue weighted by Crippen LogP contribution is -2.25. The van der Waals surface area contributed by atoms with Crippen LogP contribution in [0.25, 0.3) is 0 Å². The van der Waals surface area contributed by atoms with Gasteiger partial charge in [-0.2, -0.15) is 0 Å². The number of nitrogens with two attached hydrogens (primary N) is 1. The smallest absolute Gasteiger partial charge is 0.225 e. The maximum Gasteiger partial charge on any atom is 0.240 e. The number of benzene rings is 1. The second-order valence-electron chi connectivity index (χ2n) is 3.46. The fourth-order valence-electron chi connectivity index (χ4n) is 1.17. The predicted octanol–water partition coefficient (Wildman–Crippen LogP) is 0.397. The quantitative estimate of drug-likeness (QED) is 0.568. The Morgan fingerprint density at radius 2 is 1.56 bits per heavy atom. The molecule has 0 atom stereocenters. The molecule has 0 spiro atoms. The molecule has 0 aliphatic heterocycles. The zero-order chi connectivity index (χ0) is 13.8. The molecular weight excluding hydrogens is 344 g/mol. The lowest BCUT2D eigenvalue weighted by atomic mass is 10.4. The van der Waals surface area contributed by atoms with Crippen LogP contribution in [0, 0.1) is 0 Å². The van der Waals surface area contributed by atoms with Crippen molar-refractivity contribution >= 4 is 36.0 Å². The summed E-state index contributed by atoms with van der Waals surface area (Å²) in [5, 5.41) is 5.61. The molecule has 1 aromatic rings. The van der Waals surface area contributed by atoms with E-state index < -0.39 is 20.0 Å². The Morgan fingerprint density at radius 3 is 2.00 bits per heavy atom. The third-order valence-corrected chi connectivity index (χ3v) is 5.03. The van der Waals surface area contributed by atoms with E-state index >= 15 is 0 Å². The van der Waals surface area contributed by atoms with Crippen LogP contribution in [0.1, 0.15) is 6.42 Å². The average molecular weight is 357 g/mol. The van der Waals surface area contributed by atoms with Gasteiger partial charge < -0.3 is 0 Å². The minimum atomic E-state index is -3.81. The SMILES string of the molecule is NS(=O)(=O)c1ccc(S(=O)(=O)NCCCBr)cc1. The van der Waals surface area contributed by atoms with E-state index in [0.29, 0.717) is 18.3 Å². The highest BCUT2D eigenvalue weighted by molar-refractivity contribution is 9.09. The van der Waals surface area contributed by atoms with Crippen molar-refractivity contribution in [2.45, 2.75) is 16.2 Å². The number of alkyl halides is 1. The van der Waals surface area contributed by atoms with E-state index in [4.69, 9.17) is 5.14 Å². The number of hydrogen-bond donors (Lipinski definition) is 2. The maximum atomic E-state index is 11.8. The van der Waals surface area contributed by atoms with Gasteiger partial charge in [-0.15, -0.1) is 0 Å². The average Bonchev–Trinajstić information content (AvgIpc) is 2.28. The van der Waals surface area contributed by atoms with Crippen molar-refractivity contribution < 1.29 is 16.8 Å². The molecule has 0 radical (unpaired) electrons. The fourth-order valence-corrected chi connectivity index (χ4v) is 3.04. The first kappa shape index (κ1) is 15.6. The van der Waals surface area contributed by atoms with Gasteiger partial charge in [0, 0.05) is 11.9 Å². The van der Waals surface area contributed by atoms with E-state index in [1.807, 2.05) is 0 Å². The number of primary sulfonamides is 1. The van der Waals surface area contributed by atoms with Crippen molar-refractivity contribution in [3.63, 3.8) is 0 Å². The van der Waals surface area contributed by atoms with E-state index in [1.54, 1.807) is 0 Å². The highest BCUT2D eigenvalue weighted by Gasteiger charge is 2.14. The summed E-state index contributed by atoms with van der Waals surface area (Å²) in [7, 11) is -7.41. The first-order valence-electron chi connectivity index (χ1n) is 4.96. The molecule has 18 heavy (non-hydrogen) atoms. The predicted molar refractivity (Wildman–Crippen MR) is 71.4 cm³/mol. The molecule has 0 aliphatic carbocycles. The maximum absolute atomic E-state index is 11.8. The minimum Gasteiger partial charge on any atom is -0.225 e. The molecule has 102 valence electrons. The number of hydrogen-bond acceptors (Lipinski definition) is 4. The molecule has 0 unspecified atom stereocenters. The topological polar surface area (TPSA) is 106 Å². The number of nitrogens with one attached hydrogen (secondary N) is 1. The van der Waals surface area contributed by atoms with E-state index in [0.717, 1.165) is 12.1 Å². The van der Waals surface area contributed by atoms with Crippen molar-refractivity contribution in [3.8, 4) is 0 Å². The molecule has 0 heterocycles. The molecule has 9 heteroatoms. The van der Waals surface area contributed by atoms with Crippen molar-refractivity contribution in [1.82, 2.24) is 4.72 Å². The van der Waals surface area contributed by atoms with Crippen LogP contribution in [-0.2, 0) is 20.0 Å². The Hall–Kier alpha value is -0.480. The summed E-state index contributed by atoms with van der Waals surface area (Å²) < 4.78 is 47.9. The summed E-state index contributed by atoms with van der Waals surface area (Å²) in [4.78, 5) is -0.119. The van der Waals surface area contributed by atoms with Crippen LogP contribution in [0.5, 0.6) is 0 Å². The molecule has 1 rings (SSSR count). The normalized spacial score (nSPS) is 12.6. The second-order valence-corrected chi connectivity index (χ2v) is 7.58. The van der Waals surface area contributed by atoms with Crippen molar-refractivity contribution in [2.75, 3.05) is 11.9 Å². The first-order chi connectivity index (χ1) is 8.27. The Bertz CT molecular complexity index is 596. The molecule has 3 N–H and O–H groups in total. The van der Waals surface area contributed by atoms with Gasteiger partial charge in [-0.1, -0.05) is 15.9 Å². The molecule has 0 aromatic heterocycles. The van der Waals surface area contributed by atoms with Crippen LogP contribution >= 0.6 is 15.9 Å². The summed E-state index contributed by atoms with van der Waals surface area (Å²) in [5.74, 6) is 0. The zero-order valence-electron chi connectivity index (χ0n) is 9.34. The second kappa shape index (κ2) is 6.11. The lowest BCUT2D eigenvalue weighted by molar-refractivity contribution is 0.580. The van der Waals surface area contributed by atoms with Gasteiger partial charge in [-0.05, 0) is 30.7 Å². The van der Waals surface area contributed by atoms with Crippen LogP contribution in [0.3, 0.4) is 0 Å². The molecule has 0 aliphatic rings. The summed E-state index contributed by atoms with van der Waals surface area (Å²) in [6.07, 6.45) is 0.661. The van der Waals surface area contributed by atoms with Gasteiger partial charge in [0.2, 0.25) is 20.0 Å². The number of halogens is 1. The Morgan fingerprint density at radius 1 is 1.06 bits per heavy atom. The monoisotopic (exact) mass is 356 g/mol. The Kier molecular flexibility index (Phi) is 5.29. The van der Waals surface area contributed by atoms with Gasteiger partial charge in [0.1, 0.15) is 0 Å². The first-order valence-corrected chi connectivity index (χ1v) is 9.11. The standard InChI is InChI=1S/C9H13BrN2O4S2/c10-6-1-7-12-18(15,16)9-4-2-8(3-5-9)17(11,13)14/h2-5,12H,1,6-7H2,(H2,11,13,14). The molecule has 6 nitrogen and oxygen atoms in total. The summed E-state index contributed by atoms with van der Waals surface area (Å²) in [6.45, 7) is 0.310. The van der Waals surface area contributed by atoms with Gasteiger partial charge in [0.25, 0.3) is 0 Å². The fraction of sp³-hybridized carbons (Fsp3) is 0.333. The summed E-state index contributed by atoms with van der Waals surface area (Å²) in [6, 6.07) is 4.73. The van der Waals surface area contributed by atoms with Gasteiger partial charge in [0.05, 0.1) is 9.79 Å². The zero-order valence-corrected chi connectivity index (χ0v) is 12.6. The highest BCUT2D eigenvalue weighted by Crippen LogP contribution is 2.13. The van der Waals surface area contributed by atoms with Crippen LogP contribution in [-0.4, -0.2) is 28.7 Å². The van der Waals surface area contributed by atoms with Crippen LogP contribution < -0.4 is 9.86 Å². The van der Waals surface area contributed by atoms with E-state index in [-0.39, 0.29) is 9.79 Å². The van der Waals surface area contributed by atoms with Crippen LogP contribution in [0.2, 0.25) is 0 Å². The van der Waals surface area contributed by atoms with Gasteiger partial charge >= 0.3 is 0 Å². The van der Waals surface area contributed by atoms with E-state index in [2.05, 4.69) is 20.7 Å². The molecule has 0 saturated heterocycles. The number of rotatable bonds is 6. The highest BCUT2D eigenvalue weighted by atomic mass is 79.9. The summed E-state index contributed by atoms with van der Waals surface area (Å²) >= 11 is 3.19. The molecule has 0 saturated carbocycles.